The van der Waals surface area contributed by atoms with E-state index in [4.69, 9.17) is 15.2 Å². The van der Waals surface area contributed by atoms with Crippen molar-refractivity contribution in [2.75, 3.05) is 19.5 Å². The van der Waals surface area contributed by atoms with Crippen molar-refractivity contribution in [3.8, 4) is 11.5 Å². The van der Waals surface area contributed by atoms with Gasteiger partial charge in [0.1, 0.15) is 0 Å². The topological polar surface area (TPSA) is 73.6 Å². The lowest BCUT2D eigenvalue weighted by Gasteiger charge is -2.22. The molecule has 0 atom stereocenters. The number of benzene rings is 1. The molecular weight excluding hydrogens is 244 g/mol. The Balaban J connectivity index is 2.13. The quantitative estimate of drug-likeness (QED) is 0.871. The van der Waals surface area contributed by atoms with Crippen molar-refractivity contribution in [2.24, 2.45) is 5.73 Å². The molecular formula is C14H20N2O3. The number of anilines is 1. The van der Waals surface area contributed by atoms with E-state index < -0.39 is 5.54 Å². The Bertz CT molecular complexity index is 468. The van der Waals surface area contributed by atoms with Crippen LogP contribution in [0.15, 0.2) is 18.2 Å². The van der Waals surface area contributed by atoms with E-state index in [0.717, 1.165) is 25.7 Å². The summed E-state index contributed by atoms with van der Waals surface area (Å²) in [5.41, 5.74) is 6.05. The zero-order valence-corrected chi connectivity index (χ0v) is 11.4. The number of rotatable bonds is 4. The highest BCUT2D eigenvalue weighted by molar-refractivity contribution is 5.98. The van der Waals surface area contributed by atoms with Crippen molar-refractivity contribution >= 4 is 11.6 Å². The largest absolute Gasteiger partial charge is 0.493 e. The molecule has 2 rings (SSSR count). The molecule has 0 heterocycles. The number of methoxy groups -OCH3 is 2. The molecule has 5 nitrogen and oxygen atoms in total. The van der Waals surface area contributed by atoms with Gasteiger partial charge in [-0.2, -0.15) is 0 Å². The van der Waals surface area contributed by atoms with Crippen LogP contribution >= 0.6 is 0 Å². The van der Waals surface area contributed by atoms with Gasteiger partial charge in [-0.05, 0) is 25.0 Å². The second-order valence-corrected chi connectivity index (χ2v) is 4.89. The third-order valence-corrected chi connectivity index (χ3v) is 3.59. The predicted octanol–water partition coefficient (Wildman–Crippen LogP) is 1.91. The van der Waals surface area contributed by atoms with E-state index in [-0.39, 0.29) is 5.91 Å². The van der Waals surface area contributed by atoms with E-state index in [2.05, 4.69) is 5.32 Å². The first kappa shape index (κ1) is 13.7. The van der Waals surface area contributed by atoms with Crippen LogP contribution < -0.4 is 20.5 Å². The lowest BCUT2D eigenvalue weighted by molar-refractivity contribution is -0.121. The van der Waals surface area contributed by atoms with Crippen molar-refractivity contribution in [3.63, 3.8) is 0 Å². The fourth-order valence-electron chi connectivity index (χ4n) is 2.40. The Morgan fingerprint density at radius 3 is 2.42 bits per heavy atom. The van der Waals surface area contributed by atoms with Crippen molar-refractivity contribution in [1.82, 2.24) is 0 Å². The van der Waals surface area contributed by atoms with Gasteiger partial charge in [0.2, 0.25) is 5.91 Å². The SMILES string of the molecule is COc1ccc(NC(=O)C2(N)CCCC2)cc1OC. The van der Waals surface area contributed by atoms with E-state index in [9.17, 15) is 4.79 Å². The molecule has 104 valence electrons. The minimum Gasteiger partial charge on any atom is -0.493 e. The van der Waals surface area contributed by atoms with Gasteiger partial charge >= 0.3 is 0 Å². The molecule has 0 unspecified atom stereocenters. The van der Waals surface area contributed by atoms with Crippen molar-refractivity contribution in [1.29, 1.82) is 0 Å². The molecule has 5 heteroatoms. The molecule has 0 aliphatic heterocycles. The molecule has 1 aliphatic rings. The highest BCUT2D eigenvalue weighted by Crippen LogP contribution is 2.32. The van der Waals surface area contributed by atoms with Crippen LogP contribution in [-0.4, -0.2) is 25.7 Å². The van der Waals surface area contributed by atoms with Crippen LogP contribution in [0, 0.1) is 0 Å². The zero-order chi connectivity index (χ0) is 13.9. The second-order valence-electron chi connectivity index (χ2n) is 4.89. The van der Waals surface area contributed by atoms with E-state index in [1.54, 1.807) is 32.4 Å². The molecule has 1 amide bonds. The average molecular weight is 264 g/mol. The summed E-state index contributed by atoms with van der Waals surface area (Å²) in [6, 6.07) is 5.26. The number of hydrogen-bond donors (Lipinski definition) is 2. The van der Waals surface area contributed by atoms with Crippen LogP contribution in [0.3, 0.4) is 0 Å². The minimum atomic E-state index is -0.729. The van der Waals surface area contributed by atoms with Crippen LogP contribution in [0.1, 0.15) is 25.7 Å². The van der Waals surface area contributed by atoms with Crippen LogP contribution in [0.25, 0.3) is 0 Å². The van der Waals surface area contributed by atoms with Crippen molar-refractivity contribution in [2.45, 2.75) is 31.2 Å². The van der Waals surface area contributed by atoms with Gasteiger partial charge in [-0.3, -0.25) is 4.79 Å². The Labute approximate surface area is 113 Å². The molecule has 0 bridgehead atoms. The normalized spacial score (nSPS) is 17.0. The Hall–Kier alpha value is -1.75. The number of nitrogens with one attached hydrogen (secondary N) is 1. The average Bonchev–Trinajstić information content (AvgIpc) is 2.87. The number of nitrogens with two attached hydrogens (primary N) is 1. The maximum absolute atomic E-state index is 12.2. The number of carbonyl (C=O) groups is 1. The summed E-state index contributed by atoms with van der Waals surface area (Å²) in [6.45, 7) is 0. The number of hydrogen-bond acceptors (Lipinski definition) is 4. The summed E-state index contributed by atoms with van der Waals surface area (Å²) >= 11 is 0. The zero-order valence-electron chi connectivity index (χ0n) is 11.4. The smallest absolute Gasteiger partial charge is 0.244 e. The Morgan fingerprint density at radius 2 is 1.84 bits per heavy atom. The Morgan fingerprint density at radius 1 is 1.21 bits per heavy atom. The molecule has 1 aromatic carbocycles. The maximum Gasteiger partial charge on any atom is 0.244 e. The van der Waals surface area contributed by atoms with E-state index in [0.29, 0.717) is 17.2 Å². The second kappa shape index (κ2) is 5.48. The molecule has 0 radical (unpaired) electrons. The predicted molar refractivity (Wildman–Crippen MR) is 73.6 cm³/mol. The lowest BCUT2D eigenvalue weighted by Crippen LogP contribution is -2.48. The molecule has 19 heavy (non-hydrogen) atoms. The molecule has 3 N–H and O–H groups in total. The van der Waals surface area contributed by atoms with Gasteiger partial charge in [-0.1, -0.05) is 12.8 Å². The molecule has 0 aromatic heterocycles. The van der Waals surface area contributed by atoms with Crippen LogP contribution in [-0.2, 0) is 4.79 Å². The van der Waals surface area contributed by atoms with Gasteiger partial charge in [-0.15, -0.1) is 0 Å². The standard InChI is InChI=1S/C14H20N2O3/c1-18-11-6-5-10(9-12(11)19-2)16-13(17)14(15)7-3-4-8-14/h5-6,9H,3-4,7-8,15H2,1-2H3,(H,16,17). The van der Waals surface area contributed by atoms with Gasteiger partial charge in [0.25, 0.3) is 0 Å². The van der Waals surface area contributed by atoms with Gasteiger partial charge in [0.15, 0.2) is 11.5 Å². The summed E-state index contributed by atoms with van der Waals surface area (Å²) in [7, 11) is 3.13. The number of ether oxygens (including phenoxy) is 2. The van der Waals surface area contributed by atoms with Crippen molar-refractivity contribution < 1.29 is 14.3 Å². The third-order valence-electron chi connectivity index (χ3n) is 3.59. The van der Waals surface area contributed by atoms with Crippen LogP contribution in [0.4, 0.5) is 5.69 Å². The van der Waals surface area contributed by atoms with Gasteiger partial charge in [-0.25, -0.2) is 0 Å². The first-order valence-corrected chi connectivity index (χ1v) is 6.41. The van der Waals surface area contributed by atoms with Crippen LogP contribution in [0.2, 0.25) is 0 Å². The summed E-state index contributed by atoms with van der Waals surface area (Å²) in [5, 5.41) is 2.85. The molecule has 0 saturated heterocycles. The summed E-state index contributed by atoms with van der Waals surface area (Å²) in [6.07, 6.45) is 3.50. The Kier molecular flexibility index (Phi) is 3.95. The van der Waals surface area contributed by atoms with Gasteiger partial charge in [0, 0.05) is 11.8 Å². The summed E-state index contributed by atoms with van der Waals surface area (Å²) in [4.78, 5) is 12.2. The van der Waals surface area contributed by atoms with Gasteiger partial charge < -0.3 is 20.5 Å². The maximum atomic E-state index is 12.2. The lowest BCUT2D eigenvalue weighted by atomic mass is 9.98. The first-order valence-electron chi connectivity index (χ1n) is 6.41. The van der Waals surface area contributed by atoms with E-state index in [1.165, 1.54) is 0 Å². The minimum absolute atomic E-state index is 0.128. The molecule has 0 spiro atoms. The first-order chi connectivity index (χ1) is 9.09. The number of amides is 1. The highest BCUT2D eigenvalue weighted by Gasteiger charge is 2.37. The molecule has 1 aromatic rings. The van der Waals surface area contributed by atoms with E-state index in [1.807, 2.05) is 0 Å². The monoisotopic (exact) mass is 264 g/mol. The van der Waals surface area contributed by atoms with Crippen molar-refractivity contribution in [3.05, 3.63) is 18.2 Å². The van der Waals surface area contributed by atoms with E-state index >= 15 is 0 Å². The summed E-state index contributed by atoms with van der Waals surface area (Å²) in [5.74, 6) is 1.08. The van der Waals surface area contributed by atoms with Crippen LogP contribution in [0.5, 0.6) is 11.5 Å². The molecule has 1 aliphatic carbocycles. The summed E-state index contributed by atoms with van der Waals surface area (Å²) < 4.78 is 10.4. The van der Waals surface area contributed by atoms with Gasteiger partial charge in [0.05, 0.1) is 19.8 Å². The molecule has 1 fully saturated rings. The molecule has 1 saturated carbocycles. The highest BCUT2D eigenvalue weighted by atomic mass is 16.5. The third kappa shape index (κ3) is 2.81. The fraction of sp³-hybridized carbons (Fsp3) is 0.500. The number of carbonyl (C=O) groups excluding carboxylic acids is 1. The fourth-order valence-corrected chi connectivity index (χ4v) is 2.40.